The number of rotatable bonds is 3. The smallest absolute Gasteiger partial charge is 0.160 e. The monoisotopic (exact) mass is 284 g/mol. The standard InChI is InChI=1S/C12H12N2O2S.ClH/c1-16-10-5-4-8(7-9(10)15)14-12(13)11-3-2-6-17-11;/h2-7,15H,1H3,(H2,13,14);1H. The van der Waals surface area contributed by atoms with Crippen LogP contribution in [0.5, 0.6) is 11.5 Å². The zero-order valence-electron chi connectivity index (χ0n) is 9.66. The normalized spacial score (nSPS) is 10.8. The Kier molecular flexibility index (Phi) is 5.00. The number of amidine groups is 1. The molecule has 18 heavy (non-hydrogen) atoms. The van der Waals surface area contributed by atoms with Gasteiger partial charge in [-0.1, -0.05) is 6.07 Å². The fourth-order valence-electron chi connectivity index (χ4n) is 1.37. The molecule has 0 aliphatic carbocycles. The maximum absolute atomic E-state index is 9.60. The van der Waals surface area contributed by atoms with Crippen molar-refractivity contribution >= 4 is 35.3 Å². The highest BCUT2D eigenvalue weighted by atomic mass is 35.5. The van der Waals surface area contributed by atoms with E-state index in [1.54, 1.807) is 12.1 Å². The summed E-state index contributed by atoms with van der Waals surface area (Å²) in [6.07, 6.45) is 0. The van der Waals surface area contributed by atoms with Crippen LogP contribution in [0.15, 0.2) is 40.7 Å². The Labute approximate surface area is 115 Å². The van der Waals surface area contributed by atoms with Gasteiger partial charge in [0.15, 0.2) is 11.5 Å². The molecule has 3 N–H and O–H groups in total. The molecular weight excluding hydrogens is 272 g/mol. The maximum atomic E-state index is 9.60. The van der Waals surface area contributed by atoms with Crippen LogP contribution in [0.25, 0.3) is 0 Å². The summed E-state index contributed by atoms with van der Waals surface area (Å²) in [6, 6.07) is 8.70. The van der Waals surface area contributed by atoms with Gasteiger partial charge in [0.05, 0.1) is 17.7 Å². The van der Waals surface area contributed by atoms with Gasteiger partial charge in [0.2, 0.25) is 0 Å². The van der Waals surface area contributed by atoms with E-state index in [1.165, 1.54) is 24.5 Å². The second-order valence-electron chi connectivity index (χ2n) is 3.33. The number of halogens is 1. The molecular formula is C12H13ClN2O2S. The minimum Gasteiger partial charge on any atom is -0.504 e. The lowest BCUT2D eigenvalue weighted by atomic mass is 10.3. The van der Waals surface area contributed by atoms with E-state index < -0.39 is 0 Å². The minimum absolute atomic E-state index is 0. The molecule has 96 valence electrons. The lowest BCUT2D eigenvalue weighted by Crippen LogP contribution is -2.10. The van der Waals surface area contributed by atoms with Crippen LogP contribution in [-0.2, 0) is 0 Å². The Morgan fingerprint density at radius 3 is 2.72 bits per heavy atom. The molecule has 0 aliphatic heterocycles. The molecule has 0 aliphatic rings. The van der Waals surface area contributed by atoms with Gasteiger partial charge >= 0.3 is 0 Å². The summed E-state index contributed by atoms with van der Waals surface area (Å²) < 4.78 is 4.95. The molecule has 0 spiro atoms. The van der Waals surface area contributed by atoms with E-state index in [-0.39, 0.29) is 18.2 Å². The number of ether oxygens (including phenoxy) is 1. The first-order chi connectivity index (χ1) is 8.20. The molecule has 0 bridgehead atoms. The summed E-state index contributed by atoms with van der Waals surface area (Å²) >= 11 is 1.52. The Balaban J connectivity index is 0.00000162. The first-order valence-corrected chi connectivity index (χ1v) is 5.83. The number of methoxy groups -OCH3 is 1. The maximum Gasteiger partial charge on any atom is 0.160 e. The third-order valence-corrected chi connectivity index (χ3v) is 3.08. The molecule has 0 saturated heterocycles. The molecule has 4 nitrogen and oxygen atoms in total. The zero-order chi connectivity index (χ0) is 12.3. The number of hydrogen-bond donors (Lipinski definition) is 2. The Hall–Kier alpha value is -1.72. The Morgan fingerprint density at radius 1 is 1.39 bits per heavy atom. The Bertz CT molecular complexity index is 541. The van der Waals surface area contributed by atoms with Crippen molar-refractivity contribution < 1.29 is 9.84 Å². The van der Waals surface area contributed by atoms with Crippen molar-refractivity contribution in [3.8, 4) is 11.5 Å². The number of phenolic OH excluding ortho intramolecular Hbond substituents is 1. The summed E-state index contributed by atoms with van der Waals surface area (Å²) in [7, 11) is 1.50. The molecule has 1 aromatic heterocycles. The van der Waals surface area contributed by atoms with Crippen LogP contribution >= 0.6 is 23.7 Å². The lowest BCUT2D eigenvalue weighted by Gasteiger charge is -2.03. The summed E-state index contributed by atoms with van der Waals surface area (Å²) in [5, 5.41) is 11.5. The third kappa shape index (κ3) is 3.15. The van der Waals surface area contributed by atoms with Crippen molar-refractivity contribution in [3.05, 3.63) is 40.6 Å². The topological polar surface area (TPSA) is 67.8 Å². The van der Waals surface area contributed by atoms with Gasteiger partial charge in [-0.3, -0.25) is 0 Å². The predicted molar refractivity (Wildman–Crippen MR) is 76.6 cm³/mol. The van der Waals surface area contributed by atoms with Crippen molar-refractivity contribution in [3.63, 3.8) is 0 Å². The SMILES string of the molecule is COc1ccc(N=C(N)c2cccs2)cc1O.Cl. The highest BCUT2D eigenvalue weighted by molar-refractivity contribution is 7.12. The minimum atomic E-state index is 0. The van der Waals surface area contributed by atoms with Crippen LogP contribution in [-0.4, -0.2) is 18.1 Å². The average molecular weight is 285 g/mol. The summed E-state index contributed by atoms with van der Waals surface area (Å²) in [6.45, 7) is 0. The third-order valence-electron chi connectivity index (χ3n) is 2.19. The van der Waals surface area contributed by atoms with Gasteiger partial charge in [0.25, 0.3) is 0 Å². The van der Waals surface area contributed by atoms with E-state index in [4.69, 9.17) is 10.5 Å². The molecule has 1 heterocycles. The van der Waals surface area contributed by atoms with Gasteiger partial charge in [-0.2, -0.15) is 0 Å². The van der Waals surface area contributed by atoms with E-state index in [0.29, 0.717) is 17.3 Å². The van der Waals surface area contributed by atoms with Gasteiger partial charge in [-0.05, 0) is 23.6 Å². The molecule has 6 heteroatoms. The first-order valence-electron chi connectivity index (χ1n) is 4.96. The molecule has 0 amide bonds. The second-order valence-corrected chi connectivity index (χ2v) is 4.28. The Morgan fingerprint density at radius 2 is 2.17 bits per heavy atom. The summed E-state index contributed by atoms with van der Waals surface area (Å²) in [5.74, 6) is 0.899. The highest BCUT2D eigenvalue weighted by Crippen LogP contribution is 2.30. The zero-order valence-corrected chi connectivity index (χ0v) is 11.3. The molecule has 0 atom stereocenters. The number of benzene rings is 1. The fraction of sp³-hybridized carbons (Fsp3) is 0.0833. The molecule has 0 radical (unpaired) electrons. The van der Waals surface area contributed by atoms with Crippen molar-refractivity contribution in [1.82, 2.24) is 0 Å². The number of aromatic hydroxyl groups is 1. The van der Waals surface area contributed by atoms with Crippen molar-refractivity contribution in [2.24, 2.45) is 10.7 Å². The van der Waals surface area contributed by atoms with Crippen LogP contribution in [0.2, 0.25) is 0 Å². The molecule has 1 aromatic carbocycles. The number of aliphatic imine (C=N–C) groups is 1. The number of nitrogens with two attached hydrogens (primary N) is 1. The number of phenols is 1. The quantitative estimate of drug-likeness (QED) is 0.673. The van der Waals surface area contributed by atoms with Gasteiger partial charge < -0.3 is 15.6 Å². The van der Waals surface area contributed by atoms with Crippen molar-refractivity contribution in [1.29, 1.82) is 0 Å². The number of thiophene rings is 1. The van der Waals surface area contributed by atoms with E-state index in [2.05, 4.69) is 4.99 Å². The van der Waals surface area contributed by atoms with Gasteiger partial charge in [0, 0.05) is 6.07 Å². The van der Waals surface area contributed by atoms with E-state index in [9.17, 15) is 5.11 Å². The van der Waals surface area contributed by atoms with E-state index >= 15 is 0 Å². The first kappa shape index (κ1) is 14.3. The average Bonchev–Trinajstić information content (AvgIpc) is 2.82. The second kappa shape index (κ2) is 6.28. The van der Waals surface area contributed by atoms with Gasteiger partial charge in [-0.15, -0.1) is 23.7 Å². The van der Waals surface area contributed by atoms with Crippen LogP contribution in [0, 0.1) is 0 Å². The predicted octanol–water partition coefficient (Wildman–Crippen LogP) is 2.92. The fourth-order valence-corrected chi connectivity index (χ4v) is 1.99. The van der Waals surface area contributed by atoms with E-state index in [0.717, 1.165) is 4.88 Å². The largest absolute Gasteiger partial charge is 0.504 e. The van der Waals surface area contributed by atoms with Gasteiger partial charge in [0.1, 0.15) is 5.84 Å². The van der Waals surface area contributed by atoms with E-state index in [1.807, 2.05) is 17.5 Å². The highest BCUT2D eigenvalue weighted by Gasteiger charge is 2.03. The molecule has 0 unspecified atom stereocenters. The molecule has 0 saturated carbocycles. The van der Waals surface area contributed by atoms with Crippen LogP contribution < -0.4 is 10.5 Å². The van der Waals surface area contributed by atoms with Crippen molar-refractivity contribution in [2.45, 2.75) is 0 Å². The van der Waals surface area contributed by atoms with Crippen molar-refractivity contribution in [2.75, 3.05) is 7.11 Å². The van der Waals surface area contributed by atoms with Gasteiger partial charge in [-0.25, -0.2) is 4.99 Å². The van der Waals surface area contributed by atoms with Crippen LogP contribution in [0.3, 0.4) is 0 Å². The van der Waals surface area contributed by atoms with Crippen LogP contribution in [0.4, 0.5) is 5.69 Å². The number of nitrogens with zero attached hydrogens (tertiary/aromatic N) is 1. The summed E-state index contributed by atoms with van der Waals surface area (Å²) in [5.41, 5.74) is 6.43. The molecule has 2 aromatic rings. The molecule has 0 fully saturated rings. The lowest BCUT2D eigenvalue weighted by molar-refractivity contribution is 0.373. The summed E-state index contributed by atoms with van der Waals surface area (Å²) in [4.78, 5) is 5.13. The number of hydrogen-bond acceptors (Lipinski definition) is 4. The van der Waals surface area contributed by atoms with Crippen LogP contribution in [0.1, 0.15) is 4.88 Å². The molecule has 2 rings (SSSR count).